The third-order valence-electron chi connectivity index (χ3n) is 3.67. The van der Waals surface area contributed by atoms with Crippen LogP contribution in [-0.4, -0.2) is 12.1 Å². The number of rotatable bonds is 12. The van der Waals surface area contributed by atoms with E-state index in [-0.39, 0.29) is 12.1 Å². The highest BCUT2D eigenvalue weighted by Gasteiger charge is 2.17. The third kappa shape index (κ3) is 8.06. The Morgan fingerprint density at radius 3 is 2.68 bits per heavy atom. The van der Waals surface area contributed by atoms with Crippen molar-refractivity contribution in [1.82, 2.24) is 0 Å². The molecule has 124 valence electrons. The normalized spacial score (nSPS) is 12.6. The number of carbonyl (C=O) groups excluding carboxylic acids is 1. The van der Waals surface area contributed by atoms with Crippen LogP contribution in [0.2, 0.25) is 0 Å². The van der Waals surface area contributed by atoms with E-state index in [4.69, 9.17) is 9.15 Å². The second-order valence-electron chi connectivity index (χ2n) is 5.66. The fourth-order valence-electron chi connectivity index (χ4n) is 2.39. The SMILES string of the molecule is CC/C=C\CCCCCC(CCCC)OC(=O)c1ccco1. The van der Waals surface area contributed by atoms with Crippen molar-refractivity contribution >= 4 is 5.97 Å². The van der Waals surface area contributed by atoms with Crippen LogP contribution in [0.5, 0.6) is 0 Å². The van der Waals surface area contributed by atoms with Gasteiger partial charge in [-0.05, 0) is 50.7 Å². The van der Waals surface area contributed by atoms with Crippen LogP contribution in [0.15, 0.2) is 35.0 Å². The fourth-order valence-corrected chi connectivity index (χ4v) is 2.39. The van der Waals surface area contributed by atoms with Crippen molar-refractivity contribution in [3.63, 3.8) is 0 Å². The molecule has 0 aliphatic rings. The molecule has 0 aromatic carbocycles. The highest BCUT2D eigenvalue weighted by atomic mass is 16.6. The van der Waals surface area contributed by atoms with Crippen LogP contribution in [-0.2, 0) is 4.74 Å². The number of hydrogen-bond acceptors (Lipinski definition) is 3. The standard InChI is InChI=1S/C19H30O3/c1-3-5-7-8-9-10-11-14-17(13-6-4-2)22-19(20)18-15-12-16-21-18/h5,7,12,15-17H,3-4,6,8-11,13-14H2,1-2H3/b7-5-. The Hall–Kier alpha value is -1.51. The van der Waals surface area contributed by atoms with Gasteiger partial charge in [0.2, 0.25) is 5.76 Å². The monoisotopic (exact) mass is 306 g/mol. The summed E-state index contributed by atoms with van der Waals surface area (Å²) in [6, 6.07) is 3.36. The van der Waals surface area contributed by atoms with Gasteiger partial charge < -0.3 is 9.15 Å². The molecule has 0 N–H and O–H groups in total. The Bertz CT molecular complexity index is 406. The second-order valence-corrected chi connectivity index (χ2v) is 5.66. The number of unbranched alkanes of at least 4 members (excludes halogenated alkanes) is 4. The number of esters is 1. The van der Waals surface area contributed by atoms with Gasteiger partial charge in [0, 0.05) is 0 Å². The first-order chi connectivity index (χ1) is 10.8. The van der Waals surface area contributed by atoms with Gasteiger partial charge in [0.1, 0.15) is 6.10 Å². The van der Waals surface area contributed by atoms with Crippen molar-refractivity contribution in [1.29, 1.82) is 0 Å². The quantitative estimate of drug-likeness (QED) is 0.274. The van der Waals surface area contributed by atoms with E-state index in [9.17, 15) is 4.79 Å². The van der Waals surface area contributed by atoms with E-state index in [0.29, 0.717) is 5.76 Å². The van der Waals surface area contributed by atoms with Crippen molar-refractivity contribution in [2.24, 2.45) is 0 Å². The van der Waals surface area contributed by atoms with Crippen LogP contribution >= 0.6 is 0 Å². The topological polar surface area (TPSA) is 39.4 Å². The summed E-state index contributed by atoms with van der Waals surface area (Å²) in [5, 5.41) is 0. The molecule has 0 aliphatic heterocycles. The number of furan rings is 1. The van der Waals surface area contributed by atoms with Gasteiger partial charge in [-0.25, -0.2) is 4.79 Å². The van der Waals surface area contributed by atoms with Crippen molar-refractivity contribution in [3.8, 4) is 0 Å². The Balaban J connectivity index is 2.28. The largest absolute Gasteiger partial charge is 0.457 e. The number of hydrogen-bond donors (Lipinski definition) is 0. The second kappa shape index (κ2) is 12.1. The highest BCUT2D eigenvalue weighted by molar-refractivity contribution is 5.86. The lowest BCUT2D eigenvalue weighted by atomic mass is 10.0. The summed E-state index contributed by atoms with van der Waals surface area (Å²) in [6.45, 7) is 4.31. The van der Waals surface area contributed by atoms with Crippen LogP contribution in [0.3, 0.4) is 0 Å². The maximum absolute atomic E-state index is 12.0. The van der Waals surface area contributed by atoms with Gasteiger partial charge in [-0.2, -0.15) is 0 Å². The minimum Gasteiger partial charge on any atom is -0.457 e. The lowest BCUT2D eigenvalue weighted by Gasteiger charge is -2.17. The molecular weight excluding hydrogens is 276 g/mol. The van der Waals surface area contributed by atoms with Gasteiger partial charge in [-0.1, -0.05) is 45.3 Å². The highest BCUT2D eigenvalue weighted by Crippen LogP contribution is 2.16. The van der Waals surface area contributed by atoms with E-state index in [1.54, 1.807) is 12.1 Å². The zero-order valence-electron chi connectivity index (χ0n) is 14.1. The van der Waals surface area contributed by atoms with Crippen molar-refractivity contribution < 1.29 is 13.9 Å². The van der Waals surface area contributed by atoms with Crippen LogP contribution in [0.4, 0.5) is 0 Å². The smallest absolute Gasteiger partial charge is 0.374 e. The first-order valence-electron chi connectivity index (χ1n) is 8.67. The average molecular weight is 306 g/mol. The van der Waals surface area contributed by atoms with Gasteiger partial charge in [-0.3, -0.25) is 0 Å². The minimum atomic E-state index is -0.336. The molecule has 0 radical (unpaired) electrons. The summed E-state index contributed by atoms with van der Waals surface area (Å²) in [6.07, 6.45) is 15.9. The van der Waals surface area contributed by atoms with Crippen molar-refractivity contribution in [3.05, 3.63) is 36.3 Å². The van der Waals surface area contributed by atoms with Crippen molar-refractivity contribution in [2.75, 3.05) is 0 Å². The summed E-state index contributed by atoms with van der Waals surface area (Å²) in [5.74, 6) is -0.0387. The molecule has 0 saturated heterocycles. The summed E-state index contributed by atoms with van der Waals surface area (Å²) >= 11 is 0. The van der Waals surface area contributed by atoms with Gasteiger partial charge in [0.15, 0.2) is 0 Å². The first kappa shape index (κ1) is 18.5. The fraction of sp³-hybridized carbons (Fsp3) is 0.632. The van der Waals surface area contributed by atoms with Gasteiger partial charge in [-0.15, -0.1) is 0 Å². The van der Waals surface area contributed by atoms with Gasteiger partial charge in [0.25, 0.3) is 0 Å². The molecule has 1 aromatic heterocycles. The summed E-state index contributed by atoms with van der Waals surface area (Å²) < 4.78 is 10.7. The van der Waals surface area contributed by atoms with E-state index in [2.05, 4.69) is 26.0 Å². The molecule has 1 atom stereocenters. The maximum atomic E-state index is 12.0. The maximum Gasteiger partial charge on any atom is 0.374 e. The summed E-state index contributed by atoms with van der Waals surface area (Å²) in [5.41, 5.74) is 0. The van der Waals surface area contributed by atoms with E-state index >= 15 is 0 Å². The van der Waals surface area contributed by atoms with E-state index in [0.717, 1.165) is 44.9 Å². The number of carbonyl (C=O) groups is 1. The van der Waals surface area contributed by atoms with Gasteiger partial charge >= 0.3 is 5.97 Å². The average Bonchev–Trinajstić information content (AvgIpc) is 3.05. The third-order valence-corrected chi connectivity index (χ3v) is 3.67. The number of ether oxygens (including phenoxy) is 1. The molecule has 1 unspecified atom stereocenters. The predicted molar refractivity (Wildman–Crippen MR) is 90.0 cm³/mol. The minimum absolute atomic E-state index is 0.0173. The predicted octanol–water partition coefficient (Wildman–Crippen LogP) is 5.91. The molecule has 3 heteroatoms. The van der Waals surface area contributed by atoms with E-state index in [1.807, 2.05) is 0 Å². The molecule has 0 bridgehead atoms. The van der Waals surface area contributed by atoms with Crippen LogP contribution in [0.1, 0.15) is 82.2 Å². The Morgan fingerprint density at radius 2 is 2.00 bits per heavy atom. The molecule has 1 rings (SSSR count). The zero-order valence-corrected chi connectivity index (χ0v) is 14.1. The molecule has 1 aromatic rings. The van der Waals surface area contributed by atoms with Gasteiger partial charge in [0.05, 0.1) is 6.26 Å². The first-order valence-corrected chi connectivity index (χ1v) is 8.67. The summed E-state index contributed by atoms with van der Waals surface area (Å²) in [4.78, 5) is 12.0. The Morgan fingerprint density at radius 1 is 1.18 bits per heavy atom. The molecular formula is C19H30O3. The Kier molecular flexibility index (Phi) is 10.2. The zero-order chi connectivity index (χ0) is 16.0. The molecule has 0 aliphatic carbocycles. The lowest BCUT2D eigenvalue weighted by Crippen LogP contribution is -2.18. The van der Waals surface area contributed by atoms with Crippen LogP contribution in [0, 0.1) is 0 Å². The van der Waals surface area contributed by atoms with Crippen LogP contribution < -0.4 is 0 Å². The summed E-state index contributed by atoms with van der Waals surface area (Å²) in [7, 11) is 0. The number of allylic oxidation sites excluding steroid dienone is 2. The molecule has 0 fully saturated rings. The van der Waals surface area contributed by atoms with E-state index < -0.39 is 0 Å². The Labute approximate surface area is 134 Å². The molecule has 1 heterocycles. The molecule has 0 amide bonds. The lowest BCUT2D eigenvalue weighted by molar-refractivity contribution is 0.0215. The molecule has 0 spiro atoms. The van der Waals surface area contributed by atoms with E-state index in [1.165, 1.54) is 19.1 Å². The molecule has 22 heavy (non-hydrogen) atoms. The molecule has 0 saturated carbocycles. The molecule has 3 nitrogen and oxygen atoms in total. The van der Waals surface area contributed by atoms with Crippen LogP contribution in [0.25, 0.3) is 0 Å². The van der Waals surface area contributed by atoms with Crippen molar-refractivity contribution in [2.45, 2.75) is 77.7 Å².